The van der Waals surface area contributed by atoms with E-state index in [-0.39, 0.29) is 21.6 Å². The highest BCUT2D eigenvalue weighted by Gasteiger charge is 2.37. The Kier molecular flexibility index (Phi) is 5.18. The molecule has 0 bridgehead atoms. The zero-order valence-electron chi connectivity index (χ0n) is 10.2. The lowest BCUT2D eigenvalue weighted by molar-refractivity contribution is -0.135. The second kappa shape index (κ2) is 5.97. The first-order chi connectivity index (χ1) is 9.00. The first-order valence-corrected chi connectivity index (χ1v) is 7.50. The lowest BCUT2D eigenvalue weighted by atomic mass is 10.3. The summed E-state index contributed by atoms with van der Waals surface area (Å²) in [7, 11) is -4.41. The van der Waals surface area contributed by atoms with E-state index in [1.165, 1.54) is 6.92 Å². The van der Waals surface area contributed by atoms with Crippen molar-refractivity contribution in [3.8, 4) is 0 Å². The third kappa shape index (κ3) is 3.69. The fraction of sp³-hybridized carbons (Fsp3) is 0.400. The van der Waals surface area contributed by atoms with Gasteiger partial charge in [0.2, 0.25) is 10.0 Å². The van der Waals surface area contributed by atoms with E-state index in [1.807, 2.05) is 0 Å². The molecule has 0 aliphatic carbocycles. The van der Waals surface area contributed by atoms with Crippen molar-refractivity contribution < 1.29 is 21.6 Å². The van der Waals surface area contributed by atoms with Gasteiger partial charge in [0, 0.05) is 6.54 Å². The lowest BCUT2D eigenvalue weighted by Gasteiger charge is -2.22. The number of rotatable bonds is 4. The second-order valence-electron chi connectivity index (χ2n) is 3.82. The van der Waals surface area contributed by atoms with Crippen molar-refractivity contribution in [3.05, 3.63) is 22.2 Å². The monoisotopic (exact) mass is 350 g/mol. The molecule has 0 aliphatic heterocycles. The normalized spacial score (nSPS) is 12.9. The Morgan fingerprint density at radius 2 is 1.85 bits per heavy atom. The molecule has 0 aromatic heterocycles. The quantitative estimate of drug-likeness (QED) is 0.848. The standard InChI is InChI=1S/C10H11Cl2F3N2O2S/c1-2-17(5-10(13,14)15)20(18,19)7-4-3-6(11)9(16)8(7)12/h3-4H,2,5,16H2,1H3. The molecule has 4 nitrogen and oxygen atoms in total. The molecule has 2 N–H and O–H groups in total. The number of halogens is 5. The number of hydrogen-bond acceptors (Lipinski definition) is 3. The minimum Gasteiger partial charge on any atom is -0.396 e. The Labute approximate surface area is 124 Å². The van der Waals surface area contributed by atoms with Crippen molar-refractivity contribution >= 4 is 38.9 Å². The average Bonchev–Trinajstić information content (AvgIpc) is 2.31. The number of hydrogen-bond donors (Lipinski definition) is 1. The molecule has 1 rings (SSSR count). The Morgan fingerprint density at radius 1 is 1.30 bits per heavy atom. The zero-order chi connectivity index (χ0) is 15.7. The molecule has 10 heteroatoms. The number of alkyl halides is 3. The van der Waals surface area contributed by atoms with Crippen LogP contribution in [0.25, 0.3) is 0 Å². The zero-order valence-corrected chi connectivity index (χ0v) is 12.5. The van der Waals surface area contributed by atoms with Crippen LogP contribution in [0, 0.1) is 0 Å². The van der Waals surface area contributed by atoms with Crippen LogP contribution < -0.4 is 5.73 Å². The third-order valence-electron chi connectivity index (χ3n) is 2.42. The van der Waals surface area contributed by atoms with Gasteiger partial charge in [0.25, 0.3) is 0 Å². The van der Waals surface area contributed by atoms with Gasteiger partial charge < -0.3 is 5.73 Å². The average molecular weight is 351 g/mol. The Morgan fingerprint density at radius 3 is 2.30 bits per heavy atom. The van der Waals surface area contributed by atoms with Gasteiger partial charge in [-0.05, 0) is 12.1 Å². The maximum Gasteiger partial charge on any atom is 0.402 e. The first kappa shape index (κ1) is 17.4. The van der Waals surface area contributed by atoms with Crippen molar-refractivity contribution in [2.75, 3.05) is 18.8 Å². The number of nitrogens with two attached hydrogens (primary N) is 1. The van der Waals surface area contributed by atoms with Crippen molar-refractivity contribution in [1.29, 1.82) is 0 Å². The molecule has 20 heavy (non-hydrogen) atoms. The summed E-state index contributed by atoms with van der Waals surface area (Å²) in [5.74, 6) is 0. The van der Waals surface area contributed by atoms with Crippen LogP contribution in [0.3, 0.4) is 0 Å². The molecule has 114 valence electrons. The van der Waals surface area contributed by atoms with Crippen LogP contribution in [-0.4, -0.2) is 32.0 Å². The molecule has 1 aromatic rings. The maximum absolute atomic E-state index is 12.4. The largest absolute Gasteiger partial charge is 0.402 e. The molecule has 0 heterocycles. The van der Waals surface area contributed by atoms with Crippen LogP contribution in [-0.2, 0) is 10.0 Å². The molecule has 0 aliphatic rings. The Hall–Kier alpha value is -0.700. The fourth-order valence-corrected chi connectivity index (χ4v) is 3.63. The summed E-state index contributed by atoms with van der Waals surface area (Å²) >= 11 is 11.4. The molecule has 0 spiro atoms. The number of benzene rings is 1. The molecule has 1 aromatic carbocycles. The van der Waals surface area contributed by atoms with Gasteiger partial charge in [-0.3, -0.25) is 0 Å². The summed E-state index contributed by atoms with van der Waals surface area (Å²) in [6.07, 6.45) is -4.66. The number of sulfonamides is 1. The summed E-state index contributed by atoms with van der Waals surface area (Å²) in [6, 6.07) is 2.19. The number of anilines is 1. The predicted molar refractivity (Wildman–Crippen MR) is 71.4 cm³/mol. The van der Waals surface area contributed by atoms with Crippen LogP contribution in [0.5, 0.6) is 0 Å². The molecule has 0 radical (unpaired) electrons. The molecule has 0 fully saturated rings. The van der Waals surface area contributed by atoms with E-state index in [9.17, 15) is 21.6 Å². The fourth-order valence-electron chi connectivity index (χ4n) is 1.45. The Balaban J connectivity index is 3.32. The second-order valence-corrected chi connectivity index (χ2v) is 6.51. The summed E-state index contributed by atoms with van der Waals surface area (Å²) in [5.41, 5.74) is 5.28. The molecule has 0 unspecified atom stereocenters. The molecular weight excluding hydrogens is 340 g/mol. The van der Waals surface area contributed by atoms with Gasteiger partial charge >= 0.3 is 6.18 Å². The van der Waals surface area contributed by atoms with Crippen LogP contribution in [0.2, 0.25) is 10.0 Å². The summed E-state index contributed by atoms with van der Waals surface area (Å²) in [6.45, 7) is -0.679. The lowest BCUT2D eigenvalue weighted by Crippen LogP contribution is -2.38. The Bertz CT molecular complexity index is 605. The smallest absolute Gasteiger partial charge is 0.396 e. The van der Waals surface area contributed by atoms with E-state index in [4.69, 9.17) is 28.9 Å². The molecular formula is C10H11Cl2F3N2O2S. The molecule has 0 saturated carbocycles. The van der Waals surface area contributed by atoms with E-state index in [0.29, 0.717) is 0 Å². The van der Waals surface area contributed by atoms with Crippen molar-refractivity contribution in [2.24, 2.45) is 0 Å². The highest BCUT2D eigenvalue weighted by Crippen LogP contribution is 2.35. The van der Waals surface area contributed by atoms with Gasteiger partial charge in [0.1, 0.15) is 11.4 Å². The topological polar surface area (TPSA) is 63.4 Å². The summed E-state index contributed by atoms with van der Waals surface area (Å²) in [5, 5.41) is -0.369. The van der Waals surface area contributed by atoms with Gasteiger partial charge in [0.05, 0.1) is 15.7 Å². The van der Waals surface area contributed by atoms with Crippen molar-refractivity contribution in [3.63, 3.8) is 0 Å². The minimum absolute atomic E-state index is 0.0211. The minimum atomic E-state index is -4.66. The van der Waals surface area contributed by atoms with Crippen LogP contribution in [0.4, 0.5) is 18.9 Å². The van der Waals surface area contributed by atoms with E-state index in [2.05, 4.69) is 0 Å². The highest BCUT2D eigenvalue weighted by atomic mass is 35.5. The predicted octanol–water partition coefficient (Wildman–Crippen LogP) is 3.15. The van der Waals surface area contributed by atoms with Gasteiger partial charge in [0.15, 0.2) is 0 Å². The van der Waals surface area contributed by atoms with Gasteiger partial charge in [-0.25, -0.2) is 8.42 Å². The number of nitrogens with zero attached hydrogens (tertiary/aromatic N) is 1. The maximum atomic E-state index is 12.4. The van der Waals surface area contributed by atoms with Gasteiger partial charge in [-0.1, -0.05) is 30.1 Å². The summed E-state index contributed by atoms with van der Waals surface area (Å²) in [4.78, 5) is -0.507. The molecule has 0 amide bonds. The highest BCUT2D eigenvalue weighted by molar-refractivity contribution is 7.89. The van der Waals surface area contributed by atoms with Crippen LogP contribution >= 0.6 is 23.2 Å². The first-order valence-electron chi connectivity index (χ1n) is 5.31. The van der Waals surface area contributed by atoms with Crippen molar-refractivity contribution in [2.45, 2.75) is 18.0 Å². The van der Waals surface area contributed by atoms with E-state index in [0.717, 1.165) is 12.1 Å². The molecule has 0 atom stereocenters. The third-order valence-corrected chi connectivity index (χ3v) is 5.23. The van der Waals surface area contributed by atoms with E-state index >= 15 is 0 Å². The summed E-state index contributed by atoms with van der Waals surface area (Å²) < 4.78 is 61.8. The van der Waals surface area contributed by atoms with Gasteiger partial charge in [-0.2, -0.15) is 17.5 Å². The van der Waals surface area contributed by atoms with E-state index < -0.39 is 32.7 Å². The van der Waals surface area contributed by atoms with Crippen molar-refractivity contribution in [1.82, 2.24) is 4.31 Å². The van der Waals surface area contributed by atoms with Crippen LogP contribution in [0.15, 0.2) is 17.0 Å². The SMILES string of the molecule is CCN(CC(F)(F)F)S(=O)(=O)c1ccc(Cl)c(N)c1Cl. The molecule has 0 saturated heterocycles. The van der Waals surface area contributed by atoms with E-state index in [1.54, 1.807) is 0 Å². The van der Waals surface area contributed by atoms with Crippen LogP contribution in [0.1, 0.15) is 6.92 Å². The number of nitrogen functional groups attached to an aromatic ring is 1. The van der Waals surface area contributed by atoms with Gasteiger partial charge in [-0.15, -0.1) is 0 Å².